The number of benzene rings is 1. The molecule has 0 aliphatic carbocycles. The van der Waals surface area contributed by atoms with Gasteiger partial charge in [-0.2, -0.15) is 0 Å². The van der Waals surface area contributed by atoms with Crippen LogP contribution < -0.4 is 10.1 Å². The van der Waals surface area contributed by atoms with Crippen molar-refractivity contribution < 1.29 is 9.53 Å². The number of ether oxygens (including phenoxy) is 1. The number of amides is 1. The molecule has 19 heavy (non-hydrogen) atoms. The third kappa shape index (κ3) is 5.75. The molecule has 0 aromatic heterocycles. The van der Waals surface area contributed by atoms with Crippen molar-refractivity contribution in [2.75, 3.05) is 34.3 Å². The zero-order chi connectivity index (χ0) is 14.3. The van der Waals surface area contributed by atoms with Crippen LogP contribution >= 0.6 is 0 Å². The van der Waals surface area contributed by atoms with Crippen molar-refractivity contribution >= 4 is 5.91 Å². The van der Waals surface area contributed by atoms with Crippen molar-refractivity contribution in [1.82, 2.24) is 10.2 Å². The first kappa shape index (κ1) is 15.5. The summed E-state index contributed by atoms with van der Waals surface area (Å²) in [5, 5.41) is 2.93. The Labute approximate surface area is 115 Å². The fourth-order valence-corrected chi connectivity index (χ4v) is 1.84. The van der Waals surface area contributed by atoms with Crippen LogP contribution in [0.15, 0.2) is 24.3 Å². The van der Waals surface area contributed by atoms with E-state index < -0.39 is 0 Å². The van der Waals surface area contributed by atoms with Gasteiger partial charge >= 0.3 is 0 Å². The molecule has 4 heteroatoms. The van der Waals surface area contributed by atoms with E-state index >= 15 is 0 Å². The first-order valence-corrected chi connectivity index (χ1v) is 6.58. The first-order chi connectivity index (χ1) is 9.02. The lowest BCUT2D eigenvalue weighted by Gasteiger charge is -2.14. The van der Waals surface area contributed by atoms with E-state index in [0.29, 0.717) is 13.0 Å². The van der Waals surface area contributed by atoms with Gasteiger partial charge in [-0.15, -0.1) is 0 Å². The SMILES string of the molecule is COc1cccc(C(C)CC(=O)NCCN(C)C)c1. The van der Waals surface area contributed by atoms with Gasteiger partial charge in [-0.3, -0.25) is 4.79 Å². The predicted molar refractivity (Wildman–Crippen MR) is 77.6 cm³/mol. The molecule has 1 aromatic rings. The number of hydrogen-bond donors (Lipinski definition) is 1. The minimum absolute atomic E-state index is 0.0946. The fourth-order valence-electron chi connectivity index (χ4n) is 1.84. The van der Waals surface area contributed by atoms with Gasteiger partial charge in [0.15, 0.2) is 0 Å². The zero-order valence-corrected chi connectivity index (χ0v) is 12.3. The number of rotatable bonds is 7. The molecule has 0 aliphatic heterocycles. The number of carbonyl (C=O) groups excluding carboxylic acids is 1. The van der Waals surface area contributed by atoms with E-state index in [1.54, 1.807) is 7.11 Å². The summed E-state index contributed by atoms with van der Waals surface area (Å²) in [4.78, 5) is 13.8. The molecule has 0 saturated carbocycles. The molecule has 4 nitrogen and oxygen atoms in total. The maximum atomic E-state index is 11.8. The van der Waals surface area contributed by atoms with E-state index in [2.05, 4.69) is 12.2 Å². The summed E-state index contributed by atoms with van der Waals surface area (Å²) in [5.41, 5.74) is 1.13. The van der Waals surface area contributed by atoms with Crippen LogP contribution in [0, 0.1) is 0 Å². The van der Waals surface area contributed by atoms with Crippen LogP contribution in [0.1, 0.15) is 24.8 Å². The predicted octanol–water partition coefficient (Wildman–Crippen LogP) is 1.87. The lowest BCUT2D eigenvalue weighted by molar-refractivity contribution is -0.121. The summed E-state index contributed by atoms with van der Waals surface area (Å²) in [6, 6.07) is 7.88. The molecule has 1 N–H and O–H groups in total. The highest BCUT2D eigenvalue weighted by Crippen LogP contribution is 2.22. The summed E-state index contributed by atoms with van der Waals surface area (Å²) in [5.74, 6) is 1.11. The number of nitrogens with one attached hydrogen (secondary N) is 1. The fraction of sp³-hybridized carbons (Fsp3) is 0.533. The van der Waals surface area contributed by atoms with Crippen LogP contribution in [0.3, 0.4) is 0 Å². The molecule has 1 atom stereocenters. The second kappa shape index (κ2) is 7.79. The number of hydrogen-bond acceptors (Lipinski definition) is 3. The summed E-state index contributed by atoms with van der Waals surface area (Å²) < 4.78 is 5.20. The molecule has 0 fully saturated rings. The van der Waals surface area contributed by atoms with E-state index in [4.69, 9.17) is 4.74 Å². The van der Waals surface area contributed by atoms with E-state index in [-0.39, 0.29) is 11.8 Å². The molecule has 1 rings (SSSR count). The second-order valence-corrected chi connectivity index (χ2v) is 5.04. The van der Waals surface area contributed by atoms with E-state index in [1.165, 1.54) is 0 Å². The zero-order valence-electron chi connectivity index (χ0n) is 12.3. The first-order valence-electron chi connectivity index (χ1n) is 6.58. The van der Waals surface area contributed by atoms with Crippen LogP contribution in [0.2, 0.25) is 0 Å². The van der Waals surface area contributed by atoms with Gasteiger partial charge in [0, 0.05) is 19.5 Å². The molecule has 106 valence electrons. The molecule has 0 radical (unpaired) electrons. The van der Waals surface area contributed by atoms with Crippen LogP contribution in [0.5, 0.6) is 5.75 Å². The number of carbonyl (C=O) groups is 1. The van der Waals surface area contributed by atoms with Gasteiger partial charge in [-0.1, -0.05) is 19.1 Å². The topological polar surface area (TPSA) is 41.6 Å². The van der Waals surface area contributed by atoms with Crippen LogP contribution in [0.4, 0.5) is 0 Å². The average molecular weight is 264 g/mol. The number of methoxy groups -OCH3 is 1. The largest absolute Gasteiger partial charge is 0.497 e. The highest BCUT2D eigenvalue weighted by Gasteiger charge is 2.11. The van der Waals surface area contributed by atoms with Crippen LogP contribution in [-0.4, -0.2) is 45.1 Å². The summed E-state index contributed by atoms with van der Waals surface area (Å²) in [6.45, 7) is 3.61. The Kier molecular flexibility index (Phi) is 6.36. The van der Waals surface area contributed by atoms with E-state index in [9.17, 15) is 4.79 Å². The Balaban J connectivity index is 2.44. The molecule has 0 spiro atoms. The molecule has 0 saturated heterocycles. The highest BCUT2D eigenvalue weighted by molar-refractivity contribution is 5.76. The van der Waals surface area contributed by atoms with Gasteiger partial charge in [0.2, 0.25) is 5.91 Å². The van der Waals surface area contributed by atoms with Crippen molar-refractivity contribution in [3.8, 4) is 5.75 Å². The molecule has 1 aromatic carbocycles. The Morgan fingerprint density at radius 3 is 2.79 bits per heavy atom. The Hall–Kier alpha value is -1.55. The van der Waals surface area contributed by atoms with Crippen molar-refractivity contribution in [3.05, 3.63) is 29.8 Å². The molecular formula is C15H24N2O2. The summed E-state index contributed by atoms with van der Waals surface area (Å²) >= 11 is 0. The van der Waals surface area contributed by atoms with Gasteiger partial charge in [0.1, 0.15) is 5.75 Å². The lowest BCUT2D eigenvalue weighted by Crippen LogP contribution is -2.31. The normalized spacial score (nSPS) is 12.3. The smallest absolute Gasteiger partial charge is 0.220 e. The highest BCUT2D eigenvalue weighted by atomic mass is 16.5. The average Bonchev–Trinajstić information content (AvgIpc) is 2.38. The third-order valence-electron chi connectivity index (χ3n) is 3.04. The van der Waals surface area contributed by atoms with Gasteiger partial charge in [-0.05, 0) is 37.7 Å². The van der Waals surface area contributed by atoms with Crippen LogP contribution in [-0.2, 0) is 4.79 Å². The monoisotopic (exact) mass is 264 g/mol. The molecule has 0 aliphatic rings. The molecule has 0 heterocycles. The van der Waals surface area contributed by atoms with Crippen molar-refractivity contribution in [2.45, 2.75) is 19.3 Å². The van der Waals surface area contributed by atoms with Crippen molar-refractivity contribution in [1.29, 1.82) is 0 Å². The van der Waals surface area contributed by atoms with Gasteiger partial charge in [0.25, 0.3) is 0 Å². The van der Waals surface area contributed by atoms with Crippen LogP contribution in [0.25, 0.3) is 0 Å². The Morgan fingerprint density at radius 2 is 2.16 bits per heavy atom. The van der Waals surface area contributed by atoms with E-state index in [1.807, 2.05) is 43.3 Å². The minimum atomic E-state index is 0.0946. The van der Waals surface area contributed by atoms with Gasteiger partial charge < -0.3 is 15.0 Å². The quantitative estimate of drug-likeness (QED) is 0.817. The van der Waals surface area contributed by atoms with Crippen molar-refractivity contribution in [2.24, 2.45) is 0 Å². The van der Waals surface area contributed by atoms with Crippen molar-refractivity contribution in [3.63, 3.8) is 0 Å². The number of likely N-dealkylation sites (N-methyl/N-ethyl adjacent to an activating group) is 1. The van der Waals surface area contributed by atoms with Gasteiger partial charge in [-0.25, -0.2) is 0 Å². The minimum Gasteiger partial charge on any atom is -0.497 e. The Morgan fingerprint density at radius 1 is 1.42 bits per heavy atom. The third-order valence-corrected chi connectivity index (χ3v) is 3.04. The molecule has 1 amide bonds. The van der Waals surface area contributed by atoms with Gasteiger partial charge in [0.05, 0.1) is 7.11 Å². The van der Waals surface area contributed by atoms with E-state index in [0.717, 1.165) is 17.9 Å². The molecule has 1 unspecified atom stereocenters. The number of nitrogens with zero attached hydrogens (tertiary/aromatic N) is 1. The maximum absolute atomic E-state index is 11.8. The lowest BCUT2D eigenvalue weighted by atomic mass is 9.97. The summed E-state index contributed by atoms with van der Waals surface area (Å²) in [6.07, 6.45) is 0.501. The standard InChI is InChI=1S/C15H24N2O2/c1-12(10-15(18)16-8-9-17(2)3)13-6-5-7-14(11-13)19-4/h5-7,11-12H,8-10H2,1-4H3,(H,16,18). The molecular weight excluding hydrogens is 240 g/mol. The molecule has 0 bridgehead atoms. The maximum Gasteiger partial charge on any atom is 0.220 e. The summed E-state index contributed by atoms with van der Waals surface area (Å²) in [7, 11) is 5.63. The Bertz CT molecular complexity index is 405. The second-order valence-electron chi connectivity index (χ2n) is 5.04.